The van der Waals surface area contributed by atoms with Crippen molar-refractivity contribution in [3.63, 3.8) is 0 Å². The molecule has 1 fully saturated rings. The molecule has 2 aliphatic rings. The molecule has 0 spiro atoms. The maximum atomic E-state index is 13.2. The van der Waals surface area contributed by atoms with Gasteiger partial charge in [0.1, 0.15) is 17.7 Å². The van der Waals surface area contributed by atoms with Gasteiger partial charge < -0.3 is 10.1 Å². The molecule has 1 saturated carbocycles. The Morgan fingerprint density at radius 1 is 1.37 bits per heavy atom. The Kier molecular flexibility index (Phi) is 3.48. The number of nitrogens with one attached hydrogen (secondary N) is 1. The van der Waals surface area contributed by atoms with E-state index in [4.69, 9.17) is 4.74 Å². The summed E-state index contributed by atoms with van der Waals surface area (Å²) in [6.45, 7) is 1.07. The van der Waals surface area contributed by atoms with Crippen LogP contribution in [0.5, 0.6) is 5.75 Å². The molecule has 0 bridgehead atoms. The third-order valence-corrected chi connectivity index (χ3v) is 4.64. The lowest BCUT2D eigenvalue weighted by Crippen LogP contribution is -2.34. The highest BCUT2D eigenvalue weighted by atomic mass is 19.1. The standard InChI is InChI=1S/C16H22FNO/c1-18-11-16(6-2-3-7-16)10-14-9-12-8-13(17)4-5-15(12)19-14/h4-5,8,14,18H,2-3,6-7,9-11H2,1H3. The number of hydrogen-bond acceptors (Lipinski definition) is 2. The molecule has 3 heteroatoms. The van der Waals surface area contributed by atoms with E-state index in [0.717, 1.165) is 30.7 Å². The lowest BCUT2D eigenvalue weighted by molar-refractivity contribution is 0.136. The van der Waals surface area contributed by atoms with Crippen LogP contribution in [0.2, 0.25) is 0 Å². The number of ether oxygens (including phenoxy) is 1. The van der Waals surface area contributed by atoms with Gasteiger partial charge in [0.25, 0.3) is 0 Å². The first-order valence-corrected chi connectivity index (χ1v) is 7.30. The highest BCUT2D eigenvalue weighted by Gasteiger charge is 2.38. The second kappa shape index (κ2) is 5.12. The van der Waals surface area contributed by atoms with Crippen LogP contribution in [0.1, 0.15) is 37.7 Å². The van der Waals surface area contributed by atoms with E-state index in [1.165, 1.54) is 31.7 Å². The molecule has 0 amide bonds. The summed E-state index contributed by atoms with van der Waals surface area (Å²) in [5.41, 5.74) is 1.42. The van der Waals surface area contributed by atoms with Crippen LogP contribution < -0.4 is 10.1 Å². The summed E-state index contributed by atoms with van der Waals surface area (Å²) in [5, 5.41) is 3.34. The van der Waals surface area contributed by atoms with E-state index in [-0.39, 0.29) is 11.9 Å². The first-order chi connectivity index (χ1) is 9.21. The molecule has 1 unspecified atom stereocenters. The summed E-state index contributed by atoms with van der Waals surface area (Å²) in [6, 6.07) is 4.87. The second-order valence-electron chi connectivity index (χ2n) is 6.14. The average Bonchev–Trinajstić information content (AvgIpc) is 2.96. The lowest BCUT2D eigenvalue weighted by atomic mass is 9.80. The average molecular weight is 263 g/mol. The van der Waals surface area contributed by atoms with Crippen LogP contribution in [-0.2, 0) is 6.42 Å². The van der Waals surface area contributed by atoms with E-state index in [2.05, 4.69) is 5.32 Å². The van der Waals surface area contributed by atoms with Crippen molar-refractivity contribution in [1.82, 2.24) is 5.32 Å². The highest BCUT2D eigenvalue weighted by molar-refractivity contribution is 5.37. The van der Waals surface area contributed by atoms with E-state index in [9.17, 15) is 4.39 Å². The van der Waals surface area contributed by atoms with Crippen molar-refractivity contribution in [2.24, 2.45) is 5.41 Å². The molecule has 104 valence electrons. The molecule has 1 aliphatic heterocycles. The maximum Gasteiger partial charge on any atom is 0.123 e. The number of rotatable bonds is 4. The topological polar surface area (TPSA) is 21.3 Å². The molecule has 0 saturated heterocycles. The van der Waals surface area contributed by atoms with Crippen molar-refractivity contribution in [2.45, 2.75) is 44.6 Å². The quantitative estimate of drug-likeness (QED) is 0.900. The second-order valence-corrected chi connectivity index (χ2v) is 6.14. The Balaban J connectivity index is 1.69. The van der Waals surface area contributed by atoms with Crippen molar-refractivity contribution < 1.29 is 9.13 Å². The molecule has 3 rings (SSSR count). The Bertz CT molecular complexity index is 454. The zero-order valence-corrected chi connectivity index (χ0v) is 11.5. The molecule has 0 radical (unpaired) electrons. The summed E-state index contributed by atoms with van der Waals surface area (Å²) in [7, 11) is 2.03. The van der Waals surface area contributed by atoms with E-state index in [1.807, 2.05) is 7.05 Å². The van der Waals surface area contributed by atoms with Crippen molar-refractivity contribution in [3.8, 4) is 5.75 Å². The molecule has 2 nitrogen and oxygen atoms in total. The summed E-state index contributed by atoms with van der Waals surface area (Å²) < 4.78 is 19.2. The number of fused-ring (bicyclic) bond motifs is 1. The third-order valence-electron chi connectivity index (χ3n) is 4.64. The zero-order valence-electron chi connectivity index (χ0n) is 11.5. The molecular weight excluding hydrogens is 241 g/mol. The van der Waals surface area contributed by atoms with Crippen LogP contribution in [0.25, 0.3) is 0 Å². The number of halogens is 1. The number of benzene rings is 1. The molecular formula is C16H22FNO. The molecule has 1 heterocycles. The Labute approximate surface area is 114 Å². The fourth-order valence-electron chi connectivity index (χ4n) is 3.84. The largest absolute Gasteiger partial charge is 0.490 e. The van der Waals surface area contributed by atoms with Crippen LogP contribution in [0.4, 0.5) is 4.39 Å². The minimum absolute atomic E-state index is 0.159. The maximum absolute atomic E-state index is 13.2. The van der Waals surface area contributed by atoms with Crippen molar-refractivity contribution in [3.05, 3.63) is 29.6 Å². The van der Waals surface area contributed by atoms with Crippen LogP contribution in [0.3, 0.4) is 0 Å². The van der Waals surface area contributed by atoms with Crippen LogP contribution >= 0.6 is 0 Å². The minimum Gasteiger partial charge on any atom is -0.490 e. The fraction of sp³-hybridized carbons (Fsp3) is 0.625. The van der Waals surface area contributed by atoms with Gasteiger partial charge >= 0.3 is 0 Å². The van der Waals surface area contributed by atoms with E-state index in [0.29, 0.717) is 5.41 Å². The molecule has 0 aromatic heterocycles. The first kappa shape index (κ1) is 12.9. The zero-order chi connectivity index (χ0) is 13.3. The highest BCUT2D eigenvalue weighted by Crippen LogP contribution is 2.44. The van der Waals surface area contributed by atoms with Gasteiger partial charge in [0.15, 0.2) is 0 Å². The predicted octanol–water partition coefficient (Wildman–Crippen LogP) is 3.30. The van der Waals surface area contributed by atoms with Gasteiger partial charge in [0.2, 0.25) is 0 Å². The normalized spacial score (nSPS) is 24.2. The van der Waals surface area contributed by atoms with Gasteiger partial charge in [-0.1, -0.05) is 12.8 Å². The molecule has 19 heavy (non-hydrogen) atoms. The van der Waals surface area contributed by atoms with Gasteiger partial charge in [0.05, 0.1) is 0 Å². The molecule has 1 N–H and O–H groups in total. The van der Waals surface area contributed by atoms with E-state index < -0.39 is 0 Å². The number of hydrogen-bond donors (Lipinski definition) is 1. The summed E-state index contributed by atoms with van der Waals surface area (Å²) >= 11 is 0. The smallest absolute Gasteiger partial charge is 0.123 e. The van der Waals surface area contributed by atoms with Gasteiger partial charge in [0, 0.05) is 18.5 Å². The van der Waals surface area contributed by atoms with Crippen LogP contribution in [0.15, 0.2) is 18.2 Å². The van der Waals surface area contributed by atoms with Gasteiger partial charge in [-0.05, 0) is 49.9 Å². The first-order valence-electron chi connectivity index (χ1n) is 7.30. The Morgan fingerprint density at radius 3 is 2.89 bits per heavy atom. The Hall–Kier alpha value is -1.09. The van der Waals surface area contributed by atoms with Crippen LogP contribution in [-0.4, -0.2) is 19.7 Å². The minimum atomic E-state index is -0.159. The van der Waals surface area contributed by atoms with Gasteiger partial charge in [-0.15, -0.1) is 0 Å². The van der Waals surface area contributed by atoms with Gasteiger partial charge in [-0.3, -0.25) is 0 Å². The SMILES string of the molecule is CNCC1(CC2Cc3cc(F)ccc3O2)CCCC1. The van der Waals surface area contributed by atoms with Gasteiger partial charge in [-0.2, -0.15) is 0 Å². The van der Waals surface area contributed by atoms with Crippen molar-refractivity contribution in [2.75, 3.05) is 13.6 Å². The van der Waals surface area contributed by atoms with E-state index >= 15 is 0 Å². The van der Waals surface area contributed by atoms with Gasteiger partial charge in [-0.25, -0.2) is 4.39 Å². The van der Waals surface area contributed by atoms with E-state index in [1.54, 1.807) is 12.1 Å². The molecule has 1 aliphatic carbocycles. The Morgan fingerprint density at radius 2 is 2.16 bits per heavy atom. The van der Waals surface area contributed by atoms with Crippen molar-refractivity contribution in [1.29, 1.82) is 0 Å². The predicted molar refractivity (Wildman–Crippen MR) is 74.0 cm³/mol. The molecule has 1 aromatic rings. The lowest BCUT2D eigenvalue weighted by Gasteiger charge is -2.31. The van der Waals surface area contributed by atoms with Crippen LogP contribution in [0, 0.1) is 11.2 Å². The fourth-order valence-corrected chi connectivity index (χ4v) is 3.84. The third kappa shape index (κ3) is 2.62. The summed E-state index contributed by atoms with van der Waals surface area (Å²) in [6.07, 6.45) is 7.41. The molecule has 1 aromatic carbocycles. The summed E-state index contributed by atoms with van der Waals surface area (Å²) in [5.74, 6) is 0.720. The molecule has 1 atom stereocenters. The van der Waals surface area contributed by atoms with Crippen molar-refractivity contribution >= 4 is 0 Å². The monoisotopic (exact) mass is 263 g/mol. The summed E-state index contributed by atoms with van der Waals surface area (Å²) in [4.78, 5) is 0.